The van der Waals surface area contributed by atoms with Crippen LogP contribution in [0, 0.1) is 0 Å². The number of carboxylic acid groups (broad SMARTS) is 1. The highest BCUT2D eigenvalue weighted by atomic mass is 35.5. The number of hydrogen-bond donors (Lipinski definition) is 0. The predicted octanol–water partition coefficient (Wildman–Crippen LogP) is -0.310. The predicted molar refractivity (Wildman–Crippen MR) is 37.7 cm³/mol. The molecule has 0 spiro atoms. The first-order valence-corrected chi connectivity index (χ1v) is 3.41. The van der Waals surface area contributed by atoms with Gasteiger partial charge in [0.2, 0.25) is 0 Å². The highest BCUT2D eigenvalue weighted by molar-refractivity contribution is 6.41. The smallest absolute Gasteiger partial charge is 0.339 e. The quantitative estimate of drug-likeness (QED) is 0.417. The Morgan fingerprint density at radius 3 is 2.58 bits per heavy atom. The van der Waals surface area contributed by atoms with Crippen LogP contribution in [0.1, 0.15) is 6.92 Å². The van der Waals surface area contributed by atoms with E-state index >= 15 is 0 Å². The van der Waals surface area contributed by atoms with Gasteiger partial charge in [-0.15, -0.1) is 0 Å². The molecule has 0 saturated heterocycles. The van der Waals surface area contributed by atoms with Crippen molar-refractivity contribution in [3.05, 3.63) is 22.4 Å². The molecule has 5 heteroatoms. The minimum atomic E-state index is -1.56. The van der Waals surface area contributed by atoms with Gasteiger partial charge in [0.15, 0.2) is 5.76 Å². The fraction of sp³-hybridized carbons (Fsp3) is 0.143. The fourth-order valence-electron chi connectivity index (χ4n) is 0.674. The summed E-state index contributed by atoms with van der Waals surface area (Å²) in [6.07, 6.45) is 1.25. The number of rotatable bonds is 1. The van der Waals surface area contributed by atoms with Crippen molar-refractivity contribution in [3.63, 3.8) is 0 Å². The topological polar surface area (TPSA) is 66.4 Å². The standard InChI is InChI=1S/C7H5ClO4/c1-3-2-4(12-7(3)11)5(8)6(9)10/h2H,1H3,(H,9,10)/p-1/b5-4-. The van der Waals surface area contributed by atoms with Crippen LogP contribution < -0.4 is 5.11 Å². The summed E-state index contributed by atoms with van der Waals surface area (Å²) in [5.74, 6) is -2.33. The minimum Gasteiger partial charge on any atom is -0.544 e. The van der Waals surface area contributed by atoms with Gasteiger partial charge in [-0.2, -0.15) is 0 Å². The van der Waals surface area contributed by atoms with Crippen LogP contribution in [-0.2, 0) is 14.3 Å². The van der Waals surface area contributed by atoms with Crippen LogP contribution >= 0.6 is 11.6 Å². The van der Waals surface area contributed by atoms with Crippen molar-refractivity contribution in [2.45, 2.75) is 6.92 Å². The van der Waals surface area contributed by atoms with E-state index in [1.165, 1.54) is 13.0 Å². The van der Waals surface area contributed by atoms with Gasteiger partial charge in [-0.3, -0.25) is 0 Å². The molecular weight excluding hydrogens is 184 g/mol. The zero-order valence-electron chi connectivity index (χ0n) is 6.09. The van der Waals surface area contributed by atoms with Gasteiger partial charge < -0.3 is 14.6 Å². The molecule has 0 saturated carbocycles. The summed E-state index contributed by atoms with van der Waals surface area (Å²) in [7, 11) is 0. The minimum absolute atomic E-state index is 0.167. The number of carbonyl (C=O) groups is 2. The van der Waals surface area contributed by atoms with Crippen molar-refractivity contribution in [2.75, 3.05) is 0 Å². The second-order valence-corrected chi connectivity index (χ2v) is 2.56. The number of carboxylic acids is 1. The number of aliphatic carboxylic acids is 1. The monoisotopic (exact) mass is 187 g/mol. The molecule has 0 aromatic carbocycles. The molecule has 0 aromatic rings. The van der Waals surface area contributed by atoms with E-state index in [0.29, 0.717) is 5.57 Å². The Balaban J connectivity index is 3.03. The van der Waals surface area contributed by atoms with Crippen LogP contribution in [-0.4, -0.2) is 11.9 Å². The number of halogens is 1. The molecule has 1 aliphatic rings. The average Bonchev–Trinajstić information content (AvgIpc) is 2.30. The van der Waals surface area contributed by atoms with Crippen LogP contribution in [0.2, 0.25) is 0 Å². The third kappa shape index (κ3) is 1.48. The second-order valence-electron chi connectivity index (χ2n) is 2.18. The SMILES string of the molecule is CC1=C/C(=C(/Cl)C(=O)[O-])OC1=O. The van der Waals surface area contributed by atoms with E-state index in [1.807, 2.05) is 0 Å². The Bertz CT molecular complexity index is 313. The summed E-state index contributed by atoms with van der Waals surface area (Å²) < 4.78 is 4.49. The maximum absolute atomic E-state index is 10.7. The first-order chi connectivity index (χ1) is 5.52. The van der Waals surface area contributed by atoms with E-state index in [-0.39, 0.29) is 5.76 Å². The first kappa shape index (κ1) is 8.80. The van der Waals surface area contributed by atoms with Gasteiger partial charge in [-0.25, -0.2) is 4.79 Å². The summed E-state index contributed by atoms with van der Waals surface area (Å²) in [6, 6.07) is 0. The van der Waals surface area contributed by atoms with E-state index < -0.39 is 17.0 Å². The van der Waals surface area contributed by atoms with Gasteiger partial charge in [0.1, 0.15) is 5.03 Å². The van der Waals surface area contributed by atoms with Crippen molar-refractivity contribution in [1.29, 1.82) is 0 Å². The van der Waals surface area contributed by atoms with Gasteiger partial charge >= 0.3 is 5.97 Å². The molecular formula is C7H4ClO4-. The molecule has 0 bridgehead atoms. The number of carbonyl (C=O) groups excluding carboxylic acids is 2. The molecule has 0 fully saturated rings. The van der Waals surface area contributed by atoms with Crippen molar-refractivity contribution in [1.82, 2.24) is 0 Å². The number of cyclic esters (lactones) is 1. The Kier molecular flexibility index (Phi) is 2.19. The molecule has 0 unspecified atom stereocenters. The lowest BCUT2D eigenvalue weighted by atomic mass is 10.3. The Labute approximate surface area is 73.1 Å². The van der Waals surface area contributed by atoms with Crippen LogP contribution in [0.4, 0.5) is 0 Å². The summed E-state index contributed by atoms with van der Waals surface area (Å²) in [4.78, 5) is 20.9. The van der Waals surface area contributed by atoms with Crippen molar-refractivity contribution in [3.8, 4) is 0 Å². The maximum atomic E-state index is 10.7. The van der Waals surface area contributed by atoms with Gasteiger partial charge in [0.05, 0.1) is 5.97 Å². The van der Waals surface area contributed by atoms with E-state index in [2.05, 4.69) is 4.74 Å². The molecule has 4 nitrogen and oxygen atoms in total. The molecule has 64 valence electrons. The van der Waals surface area contributed by atoms with Gasteiger partial charge in [-0.1, -0.05) is 11.6 Å². The molecule has 1 heterocycles. The third-order valence-electron chi connectivity index (χ3n) is 1.27. The molecule has 0 radical (unpaired) electrons. The van der Waals surface area contributed by atoms with Crippen LogP contribution in [0.25, 0.3) is 0 Å². The molecule has 1 rings (SSSR count). The number of esters is 1. The summed E-state index contributed by atoms with van der Waals surface area (Å²) in [6.45, 7) is 1.49. The summed E-state index contributed by atoms with van der Waals surface area (Å²) in [5, 5.41) is 9.58. The normalized spacial score (nSPS) is 20.2. The lowest BCUT2D eigenvalue weighted by Crippen LogP contribution is -2.23. The van der Waals surface area contributed by atoms with Crippen molar-refractivity contribution < 1.29 is 19.4 Å². The van der Waals surface area contributed by atoms with E-state index in [0.717, 1.165) is 0 Å². The number of allylic oxidation sites excluding steroid dienone is 1. The Morgan fingerprint density at radius 1 is 1.67 bits per heavy atom. The van der Waals surface area contributed by atoms with Crippen LogP contribution in [0.5, 0.6) is 0 Å². The fourth-order valence-corrected chi connectivity index (χ4v) is 0.767. The van der Waals surface area contributed by atoms with E-state index in [1.54, 1.807) is 0 Å². The van der Waals surface area contributed by atoms with Crippen molar-refractivity contribution >= 4 is 23.5 Å². The number of hydrogen-bond acceptors (Lipinski definition) is 4. The zero-order chi connectivity index (χ0) is 9.30. The average molecular weight is 188 g/mol. The summed E-state index contributed by atoms with van der Waals surface area (Å²) in [5.41, 5.74) is 0.310. The molecule has 0 aromatic heterocycles. The van der Waals surface area contributed by atoms with Gasteiger partial charge in [0, 0.05) is 5.57 Å². The third-order valence-corrected chi connectivity index (χ3v) is 1.61. The highest BCUT2D eigenvalue weighted by Gasteiger charge is 2.19. The largest absolute Gasteiger partial charge is 0.544 e. The molecule has 0 N–H and O–H groups in total. The molecule has 0 atom stereocenters. The van der Waals surface area contributed by atoms with Crippen LogP contribution in [0.3, 0.4) is 0 Å². The van der Waals surface area contributed by atoms with Crippen LogP contribution in [0.15, 0.2) is 22.4 Å². The lowest BCUT2D eigenvalue weighted by molar-refractivity contribution is -0.298. The molecule has 0 aliphatic carbocycles. The molecule has 12 heavy (non-hydrogen) atoms. The Hall–Kier alpha value is -1.29. The zero-order valence-corrected chi connectivity index (χ0v) is 6.84. The second kappa shape index (κ2) is 2.98. The Morgan fingerprint density at radius 2 is 2.25 bits per heavy atom. The van der Waals surface area contributed by atoms with Crippen molar-refractivity contribution in [2.24, 2.45) is 0 Å². The molecule has 1 aliphatic heterocycles. The maximum Gasteiger partial charge on any atom is 0.339 e. The lowest BCUT2D eigenvalue weighted by Gasteiger charge is -2.01. The van der Waals surface area contributed by atoms with E-state index in [4.69, 9.17) is 11.6 Å². The summed E-state index contributed by atoms with van der Waals surface area (Å²) >= 11 is 5.25. The highest BCUT2D eigenvalue weighted by Crippen LogP contribution is 2.21. The first-order valence-electron chi connectivity index (χ1n) is 3.04. The number of ether oxygens (including phenoxy) is 1. The molecule has 0 amide bonds. The van der Waals surface area contributed by atoms with E-state index in [9.17, 15) is 14.7 Å². The van der Waals surface area contributed by atoms with Gasteiger partial charge in [-0.05, 0) is 13.0 Å². The van der Waals surface area contributed by atoms with Gasteiger partial charge in [0.25, 0.3) is 0 Å².